The van der Waals surface area contributed by atoms with Gasteiger partial charge in [0, 0.05) is 0 Å². The topological polar surface area (TPSA) is 63.3 Å². The summed E-state index contributed by atoms with van der Waals surface area (Å²) in [7, 11) is 0. The fourth-order valence-electron chi connectivity index (χ4n) is 1.18. The SMILES string of the molecule is N[C@@H](C(=O)O)c1ccc(F)cc1C(F)(F)F. The number of hydrogen-bond acceptors (Lipinski definition) is 2. The fourth-order valence-corrected chi connectivity index (χ4v) is 1.18. The molecule has 1 aromatic carbocycles. The van der Waals surface area contributed by atoms with Crippen molar-refractivity contribution in [3.63, 3.8) is 0 Å². The molecule has 0 saturated carbocycles. The smallest absolute Gasteiger partial charge is 0.416 e. The number of nitrogens with two attached hydrogens (primary N) is 1. The predicted molar refractivity (Wildman–Crippen MR) is 46.0 cm³/mol. The Balaban J connectivity index is 3.34. The molecule has 1 rings (SSSR count). The van der Waals surface area contributed by atoms with Crippen molar-refractivity contribution in [2.45, 2.75) is 12.2 Å². The molecule has 0 bridgehead atoms. The van der Waals surface area contributed by atoms with Crippen molar-refractivity contribution in [3.05, 3.63) is 35.1 Å². The Labute approximate surface area is 87.5 Å². The molecule has 0 radical (unpaired) electrons. The molecule has 7 heteroatoms. The number of rotatable bonds is 2. The van der Waals surface area contributed by atoms with E-state index in [4.69, 9.17) is 10.8 Å². The number of halogens is 4. The summed E-state index contributed by atoms with van der Waals surface area (Å²) < 4.78 is 50.0. The monoisotopic (exact) mass is 237 g/mol. The summed E-state index contributed by atoms with van der Waals surface area (Å²) in [6.45, 7) is 0. The molecule has 0 fully saturated rings. The second-order valence-electron chi connectivity index (χ2n) is 3.05. The van der Waals surface area contributed by atoms with E-state index in [-0.39, 0.29) is 6.07 Å². The Hall–Kier alpha value is -1.63. The highest BCUT2D eigenvalue weighted by molar-refractivity contribution is 5.75. The molecule has 88 valence electrons. The van der Waals surface area contributed by atoms with Gasteiger partial charge in [-0.25, -0.2) is 4.39 Å². The van der Waals surface area contributed by atoms with E-state index in [1.807, 2.05) is 0 Å². The summed E-state index contributed by atoms with van der Waals surface area (Å²) >= 11 is 0. The number of aliphatic carboxylic acids is 1. The fraction of sp³-hybridized carbons (Fsp3) is 0.222. The molecule has 1 aromatic rings. The van der Waals surface area contributed by atoms with Crippen LogP contribution >= 0.6 is 0 Å². The Kier molecular flexibility index (Phi) is 3.18. The van der Waals surface area contributed by atoms with Crippen LogP contribution in [0.3, 0.4) is 0 Å². The zero-order valence-electron chi connectivity index (χ0n) is 7.75. The van der Waals surface area contributed by atoms with Gasteiger partial charge in [0.25, 0.3) is 0 Å². The average molecular weight is 237 g/mol. The Morgan fingerprint density at radius 2 is 1.94 bits per heavy atom. The molecule has 0 heterocycles. The van der Waals surface area contributed by atoms with Crippen molar-refractivity contribution < 1.29 is 27.5 Å². The van der Waals surface area contributed by atoms with Gasteiger partial charge in [-0.1, -0.05) is 6.07 Å². The highest BCUT2D eigenvalue weighted by Gasteiger charge is 2.36. The molecule has 0 unspecified atom stereocenters. The summed E-state index contributed by atoms with van der Waals surface area (Å²) in [6, 6.07) is -0.167. The Morgan fingerprint density at radius 3 is 2.38 bits per heavy atom. The lowest BCUT2D eigenvalue weighted by Crippen LogP contribution is -2.24. The molecule has 0 spiro atoms. The molecule has 3 N–H and O–H groups in total. The second-order valence-corrected chi connectivity index (χ2v) is 3.05. The van der Waals surface area contributed by atoms with E-state index in [0.29, 0.717) is 0 Å². The van der Waals surface area contributed by atoms with Gasteiger partial charge < -0.3 is 10.8 Å². The summed E-state index contributed by atoms with van der Waals surface area (Å²) in [6.07, 6.45) is -4.84. The highest BCUT2D eigenvalue weighted by Crippen LogP contribution is 2.34. The van der Waals surface area contributed by atoms with Gasteiger partial charge in [0.2, 0.25) is 0 Å². The van der Waals surface area contributed by atoms with Gasteiger partial charge in [-0.3, -0.25) is 4.79 Å². The number of carbonyl (C=O) groups is 1. The third-order valence-corrected chi connectivity index (χ3v) is 1.92. The van der Waals surface area contributed by atoms with Crippen molar-refractivity contribution in [3.8, 4) is 0 Å². The van der Waals surface area contributed by atoms with Crippen molar-refractivity contribution in [1.82, 2.24) is 0 Å². The summed E-state index contributed by atoms with van der Waals surface area (Å²) in [4.78, 5) is 10.5. The minimum absolute atomic E-state index is 0.220. The van der Waals surface area contributed by atoms with Crippen LogP contribution in [0.15, 0.2) is 18.2 Å². The minimum atomic E-state index is -4.84. The van der Waals surface area contributed by atoms with E-state index in [1.165, 1.54) is 0 Å². The van der Waals surface area contributed by atoms with E-state index >= 15 is 0 Å². The maximum Gasteiger partial charge on any atom is 0.416 e. The van der Waals surface area contributed by atoms with Crippen LogP contribution in [-0.2, 0) is 11.0 Å². The van der Waals surface area contributed by atoms with E-state index in [0.717, 1.165) is 12.1 Å². The first-order valence-electron chi connectivity index (χ1n) is 4.08. The number of hydrogen-bond donors (Lipinski definition) is 2. The zero-order chi connectivity index (χ0) is 12.5. The average Bonchev–Trinajstić information content (AvgIpc) is 2.15. The van der Waals surface area contributed by atoms with Crippen LogP contribution in [0.25, 0.3) is 0 Å². The molecule has 0 saturated heterocycles. The first kappa shape index (κ1) is 12.4. The second kappa shape index (κ2) is 4.09. The maximum absolute atomic E-state index is 12.7. The first-order valence-corrected chi connectivity index (χ1v) is 4.08. The number of alkyl halides is 3. The predicted octanol–water partition coefficient (Wildman–Crippen LogP) is 1.93. The molecule has 0 aliphatic carbocycles. The van der Waals surface area contributed by atoms with Crippen molar-refractivity contribution in [2.75, 3.05) is 0 Å². The van der Waals surface area contributed by atoms with E-state index in [2.05, 4.69) is 0 Å². The van der Waals surface area contributed by atoms with E-state index in [1.54, 1.807) is 0 Å². The Morgan fingerprint density at radius 1 is 1.38 bits per heavy atom. The molecule has 16 heavy (non-hydrogen) atoms. The van der Waals surface area contributed by atoms with E-state index < -0.39 is 35.1 Å². The highest BCUT2D eigenvalue weighted by atomic mass is 19.4. The summed E-state index contributed by atoms with van der Waals surface area (Å²) in [5, 5.41) is 8.51. The normalized spacial score (nSPS) is 13.6. The van der Waals surface area contributed by atoms with Gasteiger partial charge in [0.15, 0.2) is 0 Å². The van der Waals surface area contributed by atoms with Gasteiger partial charge in [-0.2, -0.15) is 13.2 Å². The van der Waals surface area contributed by atoms with Gasteiger partial charge >= 0.3 is 12.1 Å². The van der Waals surface area contributed by atoms with Crippen LogP contribution in [0.2, 0.25) is 0 Å². The molecule has 0 amide bonds. The summed E-state index contributed by atoms with van der Waals surface area (Å²) in [5.74, 6) is -2.72. The first-order chi connectivity index (χ1) is 7.23. The lowest BCUT2D eigenvalue weighted by atomic mass is 10.0. The molecular weight excluding hydrogens is 230 g/mol. The third-order valence-electron chi connectivity index (χ3n) is 1.92. The van der Waals surface area contributed by atoms with Gasteiger partial charge in [-0.05, 0) is 17.7 Å². The van der Waals surface area contributed by atoms with Gasteiger partial charge in [0.1, 0.15) is 11.9 Å². The molecule has 1 atom stereocenters. The van der Waals surface area contributed by atoms with Crippen LogP contribution in [-0.4, -0.2) is 11.1 Å². The van der Waals surface area contributed by atoms with E-state index in [9.17, 15) is 22.4 Å². The van der Waals surface area contributed by atoms with Crippen LogP contribution in [0.1, 0.15) is 17.2 Å². The minimum Gasteiger partial charge on any atom is -0.480 e. The van der Waals surface area contributed by atoms with Crippen LogP contribution < -0.4 is 5.73 Å². The van der Waals surface area contributed by atoms with Crippen LogP contribution in [0.4, 0.5) is 17.6 Å². The van der Waals surface area contributed by atoms with Crippen molar-refractivity contribution in [2.24, 2.45) is 5.73 Å². The molecule has 3 nitrogen and oxygen atoms in total. The number of carboxylic acids is 1. The largest absolute Gasteiger partial charge is 0.480 e. The Bertz CT molecular complexity index is 416. The number of carboxylic acid groups (broad SMARTS) is 1. The molecule has 0 aliphatic rings. The van der Waals surface area contributed by atoms with Gasteiger partial charge in [0.05, 0.1) is 5.56 Å². The zero-order valence-corrected chi connectivity index (χ0v) is 7.75. The van der Waals surface area contributed by atoms with Crippen LogP contribution in [0.5, 0.6) is 0 Å². The van der Waals surface area contributed by atoms with Crippen molar-refractivity contribution in [1.29, 1.82) is 0 Å². The standard InChI is InChI=1S/C9H7F4NO2/c10-4-1-2-5(7(14)8(15)16)6(3-4)9(11,12)13/h1-3,7H,14H2,(H,15,16)/t7-/m1/s1. The third kappa shape index (κ3) is 2.48. The molecular formula is C9H7F4NO2. The van der Waals surface area contributed by atoms with Crippen LogP contribution in [0, 0.1) is 5.82 Å². The lowest BCUT2D eigenvalue weighted by Gasteiger charge is -2.15. The quantitative estimate of drug-likeness (QED) is 0.772. The maximum atomic E-state index is 12.7. The lowest BCUT2D eigenvalue weighted by molar-refractivity contribution is -0.141. The number of benzene rings is 1. The van der Waals surface area contributed by atoms with Crippen molar-refractivity contribution >= 4 is 5.97 Å². The molecule has 0 aliphatic heterocycles. The molecule has 0 aromatic heterocycles. The van der Waals surface area contributed by atoms with Gasteiger partial charge in [-0.15, -0.1) is 0 Å². The summed E-state index contributed by atoms with van der Waals surface area (Å²) in [5.41, 5.74) is 3.03.